The molecule has 2 heterocycles. The van der Waals surface area contributed by atoms with Gasteiger partial charge in [-0.15, -0.1) is 11.3 Å². The van der Waals surface area contributed by atoms with Crippen LogP contribution in [0.3, 0.4) is 0 Å². The first-order valence-corrected chi connectivity index (χ1v) is 7.55. The fourth-order valence-electron chi connectivity index (χ4n) is 2.51. The average Bonchev–Trinajstić information content (AvgIpc) is 2.68. The van der Waals surface area contributed by atoms with E-state index in [0.717, 1.165) is 19.4 Å². The van der Waals surface area contributed by atoms with Crippen molar-refractivity contribution >= 4 is 22.0 Å². The molecule has 1 aromatic heterocycles. The molecule has 1 aliphatic rings. The summed E-state index contributed by atoms with van der Waals surface area (Å²) in [5.41, 5.74) is 0.134. The van der Waals surface area contributed by atoms with Gasteiger partial charge in [0.2, 0.25) is 0 Å². The molecule has 0 spiro atoms. The van der Waals surface area contributed by atoms with Crippen molar-refractivity contribution in [2.24, 2.45) is 0 Å². The average molecular weight is 284 g/mol. The van der Waals surface area contributed by atoms with Crippen LogP contribution < -0.4 is 4.90 Å². The SMILES string of the molecule is CC(O)c1cc([N+](=O)[O-])c(N2CCCCCC2C)s1. The molecule has 0 bridgehead atoms. The summed E-state index contributed by atoms with van der Waals surface area (Å²) in [6.07, 6.45) is 3.85. The third-order valence-corrected chi connectivity index (χ3v) is 4.97. The summed E-state index contributed by atoms with van der Waals surface area (Å²) in [4.78, 5) is 13.7. The van der Waals surface area contributed by atoms with E-state index in [4.69, 9.17) is 0 Å². The zero-order chi connectivity index (χ0) is 14.0. The van der Waals surface area contributed by atoms with Gasteiger partial charge in [0, 0.05) is 23.5 Å². The molecule has 1 N–H and O–H groups in total. The molecule has 106 valence electrons. The predicted molar refractivity (Wildman–Crippen MR) is 76.9 cm³/mol. The predicted octanol–water partition coefficient (Wildman–Crippen LogP) is 3.48. The fraction of sp³-hybridized carbons (Fsp3) is 0.692. The summed E-state index contributed by atoms with van der Waals surface area (Å²) in [6, 6.07) is 1.84. The molecular weight excluding hydrogens is 264 g/mol. The Morgan fingerprint density at radius 3 is 2.89 bits per heavy atom. The van der Waals surface area contributed by atoms with E-state index in [1.54, 1.807) is 6.92 Å². The van der Waals surface area contributed by atoms with Gasteiger partial charge < -0.3 is 10.0 Å². The molecule has 0 aromatic carbocycles. The van der Waals surface area contributed by atoms with Gasteiger partial charge in [0.15, 0.2) is 5.00 Å². The van der Waals surface area contributed by atoms with Gasteiger partial charge in [-0.05, 0) is 26.7 Å². The van der Waals surface area contributed by atoms with Crippen molar-refractivity contribution in [2.45, 2.75) is 51.7 Å². The summed E-state index contributed by atoms with van der Waals surface area (Å²) in [6.45, 7) is 4.63. The Morgan fingerprint density at radius 1 is 1.53 bits per heavy atom. The van der Waals surface area contributed by atoms with Crippen LogP contribution >= 0.6 is 11.3 Å². The van der Waals surface area contributed by atoms with Gasteiger partial charge in [-0.2, -0.15) is 0 Å². The lowest BCUT2D eigenvalue weighted by molar-refractivity contribution is -0.383. The Labute approximate surface area is 117 Å². The molecule has 1 fully saturated rings. The van der Waals surface area contributed by atoms with Gasteiger partial charge in [-0.1, -0.05) is 12.8 Å². The summed E-state index contributed by atoms with van der Waals surface area (Å²) < 4.78 is 0. The van der Waals surface area contributed by atoms with Gasteiger partial charge in [0.25, 0.3) is 0 Å². The van der Waals surface area contributed by atoms with Crippen molar-refractivity contribution in [1.29, 1.82) is 0 Å². The topological polar surface area (TPSA) is 66.6 Å². The van der Waals surface area contributed by atoms with Crippen molar-refractivity contribution < 1.29 is 10.0 Å². The van der Waals surface area contributed by atoms with E-state index < -0.39 is 6.10 Å². The number of aliphatic hydroxyl groups is 1. The number of rotatable bonds is 3. The molecule has 19 heavy (non-hydrogen) atoms. The van der Waals surface area contributed by atoms with Gasteiger partial charge in [-0.25, -0.2) is 0 Å². The van der Waals surface area contributed by atoms with E-state index in [0.29, 0.717) is 15.9 Å². The first-order chi connectivity index (χ1) is 9.00. The molecule has 2 unspecified atom stereocenters. The van der Waals surface area contributed by atoms with Crippen LogP contribution in [0, 0.1) is 10.1 Å². The van der Waals surface area contributed by atoms with Gasteiger partial charge >= 0.3 is 5.69 Å². The highest BCUT2D eigenvalue weighted by Crippen LogP contribution is 2.42. The van der Waals surface area contributed by atoms with Crippen LogP contribution in [0.15, 0.2) is 6.07 Å². The first-order valence-electron chi connectivity index (χ1n) is 6.73. The normalized spacial score (nSPS) is 22.1. The fourth-order valence-corrected chi connectivity index (χ4v) is 3.70. The lowest BCUT2D eigenvalue weighted by atomic mass is 10.1. The largest absolute Gasteiger partial charge is 0.388 e. The zero-order valence-electron chi connectivity index (χ0n) is 11.3. The van der Waals surface area contributed by atoms with E-state index >= 15 is 0 Å². The molecular formula is C13H20N2O3S. The standard InChI is InChI=1S/C13H20N2O3S/c1-9-6-4-3-5-7-14(9)13-11(15(17)18)8-12(19-13)10(2)16/h8-10,16H,3-7H2,1-2H3. The van der Waals surface area contributed by atoms with Crippen LogP contribution in [0.1, 0.15) is 50.5 Å². The zero-order valence-corrected chi connectivity index (χ0v) is 12.2. The molecule has 2 rings (SSSR count). The monoisotopic (exact) mass is 284 g/mol. The Kier molecular flexibility index (Phi) is 4.42. The quantitative estimate of drug-likeness (QED) is 0.681. The van der Waals surface area contributed by atoms with Crippen molar-refractivity contribution in [2.75, 3.05) is 11.4 Å². The molecule has 5 nitrogen and oxygen atoms in total. The Hall–Kier alpha value is -1.14. The maximum Gasteiger partial charge on any atom is 0.304 e. The Morgan fingerprint density at radius 2 is 2.26 bits per heavy atom. The van der Waals surface area contributed by atoms with E-state index in [2.05, 4.69) is 11.8 Å². The minimum Gasteiger partial charge on any atom is -0.388 e. The highest BCUT2D eigenvalue weighted by molar-refractivity contribution is 7.16. The third-order valence-electron chi connectivity index (χ3n) is 3.63. The van der Waals surface area contributed by atoms with Gasteiger partial charge in [0.1, 0.15) is 0 Å². The number of hydrogen-bond donors (Lipinski definition) is 1. The highest BCUT2D eigenvalue weighted by atomic mass is 32.1. The number of nitrogens with zero attached hydrogens (tertiary/aromatic N) is 2. The lowest BCUT2D eigenvalue weighted by Gasteiger charge is -2.27. The number of nitro groups is 1. The maximum atomic E-state index is 11.2. The molecule has 1 aliphatic heterocycles. The molecule has 0 radical (unpaired) electrons. The first kappa shape index (κ1) is 14.3. The molecule has 0 amide bonds. The van der Waals surface area contributed by atoms with Crippen molar-refractivity contribution in [3.05, 3.63) is 21.1 Å². The van der Waals surface area contributed by atoms with E-state index in [9.17, 15) is 15.2 Å². The summed E-state index contributed by atoms with van der Waals surface area (Å²) in [7, 11) is 0. The summed E-state index contributed by atoms with van der Waals surface area (Å²) in [5.74, 6) is 0. The van der Waals surface area contributed by atoms with Crippen LogP contribution in [0.4, 0.5) is 10.7 Å². The number of thiophene rings is 1. The number of hydrogen-bond acceptors (Lipinski definition) is 5. The van der Waals surface area contributed by atoms with E-state index in [1.807, 2.05) is 0 Å². The highest BCUT2D eigenvalue weighted by Gasteiger charge is 2.28. The second-order valence-corrected chi connectivity index (χ2v) is 6.23. The smallest absolute Gasteiger partial charge is 0.304 e. The van der Waals surface area contributed by atoms with Crippen LogP contribution in [0.25, 0.3) is 0 Å². The molecule has 6 heteroatoms. The van der Waals surface area contributed by atoms with Crippen molar-refractivity contribution in [1.82, 2.24) is 0 Å². The molecule has 1 aromatic rings. The second kappa shape index (κ2) is 5.88. The minimum atomic E-state index is -0.653. The molecule has 0 saturated carbocycles. The van der Waals surface area contributed by atoms with Gasteiger partial charge in [0.05, 0.1) is 11.0 Å². The van der Waals surface area contributed by atoms with Gasteiger partial charge in [-0.3, -0.25) is 10.1 Å². The third kappa shape index (κ3) is 3.06. The Balaban J connectivity index is 2.38. The summed E-state index contributed by atoms with van der Waals surface area (Å²) in [5, 5.41) is 21.5. The number of anilines is 1. The maximum absolute atomic E-state index is 11.2. The van der Waals surface area contributed by atoms with E-state index in [-0.39, 0.29) is 10.6 Å². The van der Waals surface area contributed by atoms with Crippen LogP contribution in [-0.2, 0) is 0 Å². The van der Waals surface area contributed by atoms with Crippen molar-refractivity contribution in [3.8, 4) is 0 Å². The van der Waals surface area contributed by atoms with Crippen LogP contribution in [0.2, 0.25) is 0 Å². The van der Waals surface area contributed by atoms with E-state index in [1.165, 1.54) is 30.2 Å². The van der Waals surface area contributed by atoms with Crippen LogP contribution in [0.5, 0.6) is 0 Å². The minimum absolute atomic E-state index is 0.134. The molecule has 2 atom stereocenters. The number of aliphatic hydroxyl groups excluding tert-OH is 1. The second-order valence-electron chi connectivity index (χ2n) is 5.16. The summed E-state index contributed by atoms with van der Waals surface area (Å²) >= 11 is 1.35. The molecule has 0 aliphatic carbocycles. The lowest BCUT2D eigenvalue weighted by Crippen LogP contribution is -2.32. The van der Waals surface area contributed by atoms with Crippen LogP contribution in [-0.4, -0.2) is 22.6 Å². The van der Waals surface area contributed by atoms with Crippen molar-refractivity contribution in [3.63, 3.8) is 0 Å². The molecule has 1 saturated heterocycles. The Bertz CT molecular complexity index is 459.